The summed E-state index contributed by atoms with van der Waals surface area (Å²) in [6, 6.07) is 13.5. The number of aromatic nitrogens is 1. The van der Waals surface area contributed by atoms with E-state index in [2.05, 4.69) is 21.1 Å². The summed E-state index contributed by atoms with van der Waals surface area (Å²) < 4.78 is 6.14. The van der Waals surface area contributed by atoms with Crippen molar-refractivity contribution >= 4 is 33.4 Å². The maximum Gasteiger partial charge on any atom is 0.230 e. The quantitative estimate of drug-likeness (QED) is 0.671. The van der Waals surface area contributed by atoms with E-state index < -0.39 is 0 Å². The van der Waals surface area contributed by atoms with Crippen LogP contribution in [0.2, 0.25) is 5.02 Å². The molecule has 0 saturated carbocycles. The lowest BCUT2D eigenvalue weighted by molar-refractivity contribution is 0.439. The highest BCUT2D eigenvalue weighted by molar-refractivity contribution is 9.10. The molecule has 0 atom stereocenters. The van der Waals surface area contributed by atoms with E-state index in [1.54, 1.807) is 0 Å². The lowest BCUT2D eigenvalue weighted by atomic mass is 10.00. The first-order valence-electron chi connectivity index (χ1n) is 6.34. The highest BCUT2D eigenvalue weighted by Gasteiger charge is 2.19. The number of hydrogen-bond acceptors (Lipinski definition) is 3. The Morgan fingerprint density at radius 3 is 2.57 bits per heavy atom. The van der Waals surface area contributed by atoms with Crippen molar-refractivity contribution in [1.29, 1.82) is 0 Å². The molecule has 0 bridgehead atoms. The second-order valence-electron chi connectivity index (χ2n) is 4.76. The summed E-state index contributed by atoms with van der Waals surface area (Å²) in [6.45, 7) is 2.03. The lowest BCUT2D eigenvalue weighted by Crippen LogP contribution is -1.89. The Balaban J connectivity index is 2.21. The Hall–Kier alpha value is -1.78. The van der Waals surface area contributed by atoms with Crippen LogP contribution in [0.4, 0.5) is 5.88 Å². The van der Waals surface area contributed by atoms with Gasteiger partial charge in [0.1, 0.15) is 5.69 Å². The molecule has 21 heavy (non-hydrogen) atoms. The molecule has 2 N–H and O–H groups in total. The van der Waals surface area contributed by atoms with Crippen LogP contribution in [0.3, 0.4) is 0 Å². The van der Waals surface area contributed by atoms with Crippen molar-refractivity contribution < 1.29 is 4.52 Å². The van der Waals surface area contributed by atoms with E-state index >= 15 is 0 Å². The molecular weight excluding hydrogens is 352 g/mol. The summed E-state index contributed by atoms with van der Waals surface area (Å²) in [5.74, 6) is 0.292. The van der Waals surface area contributed by atoms with Gasteiger partial charge < -0.3 is 10.3 Å². The van der Waals surface area contributed by atoms with E-state index in [0.29, 0.717) is 16.6 Å². The Labute approximate surface area is 135 Å². The van der Waals surface area contributed by atoms with E-state index in [1.807, 2.05) is 49.4 Å². The number of benzene rings is 2. The maximum absolute atomic E-state index is 5.96. The molecule has 0 radical (unpaired) electrons. The summed E-state index contributed by atoms with van der Waals surface area (Å²) in [6.07, 6.45) is 0. The fraction of sp³-hybridized carbons (Fsp3) is 0.0625. The fourth-order valence-corrected chi connectivity index (χ4v) is 2.76. The van der Waals surface area contributed by atoms with Gasteiger partial charge in [-0.15, -0.1) is 0 Å². The van der Waals surface area contributed by atoms with Gasteiger partial charge in [-0.2, -0.15) is 0 Å². The van der Waals surface area contributed by atoms with Gasteiger partial charge in [-0.3, -0.25) is 0 Å². The van der Waals surface area contributed by atoms with Crippen molar-refractivity contribution in [2.24, 2.45) is 0 Å². The molecule has 1 heterocycles. The minimum absolute atomic E-state index is 0.292. The van der Waals surface area contributed by atoms with Gasteiger partial charge in [-0.1, -0.05) is 56.5 Å². The molecule has 2 aromatic carbocycles. The average molecular weight is 364 g/mol. The van der Waals surface area contributed by atoms with Crippen molar-refractivity contribution in [3.05, 3.63) is 57.5 Å². The highest BCUT2D eigenvalue weighted by Crippen LogP contribution is 2.39. The van der Waals surface area contributed by atoms with E-state index in [9.17, 15) is 0 Å². The Morgan fingerprint density at radius 2 is 1.86 bits per heavy atom. The van der Waals surface area contributed by atoms with Crippen LogP contribution in [-0.2, 0) is 0 Å². The van der Waals surface area contributed by atoms with Crippen molar-refractivity contribution in [2.75, 3.05) is 5.73 Å². The number of nitrogen functional groups attached to an aromatic ring is 1. The van der Waals surface area contributed by atoms with Crippen molar-refractivity contribution in [3.8, 4) is 22.4 Å². The molecule has 0 aliphatic heterocycles. The summed E-state index contributed by atoms with van der Waals surface area (Å²) in [7, 11) is 0. The van der Waals surface area contributed by atoms with E-state index in [0.717, 1.165) is 26.7 Å². The van der Waals surface area contributed by atoms with Crippen LogP contribution in [0, 0.1) is 6.92 Å². The minimum atomic E-state index is 0.292. The third-order valence-electron chi connectivity index (χ3n) is 3.23. The molecule has 3 aromatic rings. The predicted octanol–water partition coefficient (Wildman–Crippen LogP) is 5.32. The fourth-order valence-electron chi connectivity index (χ4n) is 2.20. The maximum atomic E-state index is 5.96. The Bertz CT molecular complexity index is 797. The first-order valence-corrected chi connectivity index (χ1v) is 7.51. The molecule has 0 amide bonds. The molecule has 0 unspecified atom stereocenters. The molecule has 3 rings (SSSR count). The molecule has 106 valence electrons. The van der Waals surface area contributed by atoms with Gasteiger partial charge in [-0.05, 0) is 36.8 Å². The summed E-state index contributed by atoms with van der Waals surface area (Å²) in [5, 5.41) is 4.80. The molecule has 3 nitrogen and oxygen atoms in total. The van der Waals surface area contributed by atoms with Gasteiger partial charge in [-0.25, -0.2) is 0 Å². The molecule has 0 saturated heterocycles. The number of aryl methyl sites for hydroxylation is 1. The molecule has 5 heteroatoms. The van der Waals surface area contributed by atoms with Gasteiger partial charge in [0.15, 0.2) is 0 Å². The van der Waals surface area contributed by atoms with Crippen molar-refractivity contribution in [1.82, 2.24) is 5.16 Å². The summed E-state index contributed by atoms with van der Waals surface area (Å²) in [4.78, 5) is 0. The molecule has 1 aromatic heterocycles. The van der Waals surface area contributed by atoms with Gasteiger partial charge >= 0.3 is 0 Å². The monoisotopic (exact) mass is 362 g/mol. The van der Waals surface area contributed by atoms with E-state index in [-0.39, 0.29) is 0 Å². The van der Waals surface area contributed by atoms with Crippen LogP contribution in [0.5, 0.6) is 0 Å². The van der Waals surface area contributed by atoms with Crippen LogP contribution in [0.1, 0.15) is 5.56 Å². The van der Waals surface area contributed by atoms with Crippen LogP contribution in [0.15, 0.2) is 51.5 Å². The van der Waals surface area contributed by atoms with Crippen LogP contribution >= 0.6 is 27.5 Å². The van der Waals surface area contributed by atoms with Crippen LogP contribution in [-0.4, -0.2) is 5.16 Å². The van der Waals surface area contributed by atoms with E-state index in [1.165, 1.54) is 0 Å². The first-order chi connectivity index (χ1) is 10.1. The number of anilines is 1. The van der Waals surface area contributed by atoms with Gasteiger partial charge in [0.2, 0.25) is 5.88 Å². The zero-order valence-electron chi connectivity index (χ0n) is 11.2. The second-order valence-corrected chi connectivity index (χ2v) is 6.05. The van der Waals surface area contributed by atoms with Gasteiger partial charge in [0.25, 0.3) is 0 Å². The molecule has 0 aliphatic carbocycles. The van der Waals surface area contributed by atoms with E-state index in [4.69, 9.17) is 21.9 Å². The molecule has 0 fully saturated rings. The number of rotatable bonds is 2. The molecule has 0 aliphatic rings. The zero-order chi connectivity index (χ0) is 15.0. The smallest absolute Gasteiger partial charge is 0.230 e. The van der Waals surface area contributed by atoms with Crippen molar-refractivity contribution in [3.63, 3.8) is 0 Å². The second kappa shape index (κ2) is 5.54. The predicted molar refractivity (Wildman–Crippen MR) is 89.2 cm³/mol. The highest BCUT2D eigenvalue weighted by atomic mass is 79.9. The topological polar surface area (TPSA) is 52.0 Å². The summed E-state index contributed by atoms with van der Waals surface area (Å²) >= 11 is 9.49. The van der Waals surface area contributed by atoms with Gasteiger partial charge in [0, 0.05) is 15.1 Å². The standard InChI is InChI=1S/C16H12BrClN2O/c1-9-2-7-13(17)12(8-9)15-14(16(19)21-20-15)10-3-5-11(18)6-4-10/h2-8H,19H2,1H3. The molecule has 0 spiro atoms. The first kappa shape index (κ1) is 14.2. The van der Waals surface area contributed by atoms with Crippen LogP contribution in [0.25, 0.3) is 22.4 Å². The zero-order valence-corrected chi connectivity index (χ0v) is 13.6. The third-order valence-corrected chi connectivity index (χ3v) is 4.17. The Kier molecular flexibility index (Phi) is 3.74. The largest absolute Gasteiger partial charge is 0.367 e. The van der Waals surface area contributed by atoms with Crippen LogP contribution < -0.4 is 5.73 Å². The van der Waals surface area contributed by atoms with Crippen molar-refractivity contribution in [2.45, 2.75) is 6.92 Å². The number of nitrogens with two attached hydrogens (primary N) is 1. The third kappa shape index (κ3) is 2.69. The SMILES string of the molecule is Cc1ccc(Br)c(-c2noc(N)c2-c2ccc(Cl)cc2)c1. The molecular formula is C16H12BrClN2O. The number of nitrogens with zero attached hydrogens (tertiary/aromatic N) is 1. The van der Waals surface area contributed by atoms with Gasteiger partial charge in [0.05, 0.1) is 5.56 Å². The minimum Gasteiger partial charge on any atom is -0.367 e. The lowest BCUT2D eigenvalue weighted by Gasteiger charge is -2.06. The number of halogens is 2. The Morgan fingerprint density at radius 1 is 1.14 bits per heavy atom. The average Bonchev–Trinajstić information content (AvgIpc) is 2.84. The number of hydrogen-bond donors (Lipinski definition) is 1. The normalized spacial score (nSPS) is 10.8. The summed E-state index contributed by atoms with van der Waals surface area (Å²) in [5.41, 5.74) is 10.4.